The van der Waals surface area contributed by atoms with Crippen LogP contribution in [0, 0.1) is 0 Å². The minimum Gasteiger partial charge on any atom is -0.384 e. The van der Waals surface area contributed by atoms with Crippen molar-refractivity contribution in [2.45, 2.75) is 17.3 Å². The minimum atomic E-state index is 0.403. The fourth-order valence-electron chi connectivity index (χ4n) is 1.36. The first-order chi connectivity index (χ1) is 8.25. The summed E-state index contributed by atoms with van der Waals surface area (Å²) in [5, 5.41) is 16.0. The van der Waals surface area contributed by atoms with Crippen LogP contribution < -0.4 is 5.32 Å². The molecule has 5 nitrogen and oxygen atoms in total. The molecule has 1 N–H and O–H groups in total. The molecule has 0 fully saturated rings. The third-order valence-corrected chi connectivity index (χ3v) is 3.38. The summed E-state index contributed by atoms with van der Waals surface area (Å²) in [7, 11) is 1.85. The van der Waals surface area contributed by atoms with Gasteiger partial charge in [-0.1, -0.05) is 36.9 Å². The minimum absolute atomic E-state index is 0.403. The molecule has 0 aliphatic carbocycles. The lowest BCUT2D eigenvalue weighted by molar-refractivity contribution is 0.663. The number of tetrazole rings is 1. The Bertz CT molecular complexity index is 456. The maximum atomic E-state index is 3.95. The van der Waals surface area contributed by atoms with Crippen molar-refractivity contribution >= 4 is 17.4 Å². The molecular formula is C11H15N5S. The highest BCUT2D eigenvalue weighted by atomic mass is 32.2. The van der Waals surface area contributed by atoms with Gasteiger partial charge in [0.05, 0.1) is 0 Å². The van der Waals surface area contributed by atoms with Crippen molar-refractivity contribution in [3.05, 3.63) is 30.3 Å². The van der Waals surface area contributed by atoms with E-state index >= 15 is 0 Å². The van der Waals surface area contributed by atoms with E-state index in [0.717, 1.165) is 17.4 Å². The fourth-order valence-corrected chi connectivity index (χ4v) is 2.16. The zero-order valence-electron chi connectivity index (χ0n) is 9.87. The Kier molecular flexibility index (Phi) is 3.98. The van der Waals surface area contributed by atoms with E-state index in [0.29, 0.717) is 5.25 Å². The summed E-state index contributed by atoms with van der Waals surface area (Å²) in [5.74, 6) is 0. The average molecular weight is 249 g/mol. The third-order valence-electron chi connectivity index (χ3n) is 2.26. The Morgan fingerprint density at radius 2 is 2.12 bits per heavy atom. The first kappa shape index (κ1) is 11.9. The van der Waals surface area contributed by atoms with Crippen molar-refractivity contribution in [3.8, 4) is 0 Å². The average Bonchev–Trinajstić information content (AvgIpc) is 2.74. The van der Waals surface area contributed by atoms with E-state index in [-0.39, 0.29) is 0 Å². The molecule has 6 heteroatoms. The third kappa shape index (κ3) is 3.45. The summed E-state index contributed by atoms with van der Waals surface area (Å²) < 4.78 is 1.68. The van der Waals surface area contributed by atoms with E-state index in [1.165, 1.54) is 0 Å². The van der Waals surface area contributed by atoms with Crippen LogP contribution in [0.1, 0.15) is 6.92 Å². The number of nitrogens with one attached hydrogen (secondary N) is 1. The maximum Gasteiger partial charge on any atom is 0.209 e. The number of hydrogen-bond acceptors (Lipinski definition) is 5. The maximum absolute atomic E-state index is 3.95. The molecule has 90 valence electrons. The summed E-state index contributed by atoms with van der Waals surface area (Å²) in [5.41, 5.74) is 1.14. The number of aryl methyl sites for hydroxylation is 1. The van der Waals surface area contributed by atoms with E-state index in [4.69, 9.17) is 0 Å². The second-order valence-corrected chi connectivity index (χ2v) is 5.17. The largest absolute Gasteiger partial charge is 0.384 e. The molecular weight excluding hydrogens is 234 g/mol. The van der Waals surface area contributed by atoms with Crippen LogP contribution >= 0.6 is 11.8 Å². The Morgan fingerprint density at radius 1 is 1.35 bits per heavy atom. The van der Waals surface area contributed by atoms with Gasteiger partial charge < -0.3 is 5.32 Å². The van der Waals surface area contributed by atoms with Gasteiger partial charge in [0.2, 0.25) is 5.16 Å². The van der Waals surface area contributed by atoms with Crippen molar-refractivity contribution in [1.29, 1.82) is 0 Å². The number of rotatable bonds is 5. The zero-order chi connectivity index (χ0) is 12.1. The molecule has 17 heavy (non-hydrogen) atoms. The molecule has 0 saturated heterocycles. The summed E-state index contributed by atoms with van der Waals surface area (Å²) in [6, 6.07) is 10.2. The number of anilines is 1. The van der Waals surface area contributed by atoms with Crippen LogP contribution in [0.15, 0.2) is 35.5 Å². The van der Waals surface area contributed by atoms with Crippen LogP contribution in [-0.4, -0.2) is 32.0 Å². The van der Waals surface area contributed by atoms with Gasteiger partial charge in [-0.3, -0.25) is 0 Å². The molecule has 1 aromatic carbocycles. The Morgan fingerprint density at radius 3 is 2.76 bits per heavy atom. The normalized spacial score (nSPS) is 12.4. The zero-order valence-corrected chi connectivity index (χ0v) is 10.7. The van der Waals surface area contributed by atoms with E-state index in [2.05, 4.69) is 39.9 Å². The predicted octanol–water partition coefficient (Wildman–Crippen LogP) is 1.80. The van der Waals surface area contributed by atoms with Crippen LogP contribution in [0.4, 0.5) is 5.69 Å². The monoisotopic (exact) mass is 249 g/mol. The van der Waals surface area contributed by atoms with Crippen LogP contribution in [0.2, 0.25) is 0 Å². The second-order valence-electron chi connectivity index (χ2n) is 3.76. The molecule has 0 amide bonds. The van der Waals surface area contributed by atoms with Gasteiger partial charge in [0, 0.05) is 24.5 Å². The summed E-state index contributed by atoms with van der Waals surface area (Å²) in [4.78, 5) is 0. The molecule has 1 unspecified atom stereocenters. The fraction of sp³-hybridized carbons (Fsp3) is 0.364. The molecule has 1 atom stereocenters. The SMILES string of the molecule is CC(CNc1ccccc1)Sc1nnnn1C. The molecule has 0 radical (unpaired) electrons. The smallest absolute Gasteiger partial charge is 0.209 e. The van der Waals surface area contributed by atoms with Crippen LogP contribution in [0.3, 0.4) is 0 Å². The van der Waals surface area contributed by atoms with Crippen LogP contribution in [0.5, 0.6) is 0 Å². The van der Waals surface area contributed by atoms with E-state index < -0.39 is 0 Å². The summed E-state index contributed by atoms with van der Waals surface area (Å²) in [6.45, 7) is 3.02. The van der Waals surface area contributed by atoms with Crippen LogP contribution in [-0.2, 0) is 7.05 Å². The quantitative estimate of drug-likeness (QED) is 0.819. The van der Waals surface area contributed by atoms with E-state index in [1.807, 2.05) is 25.2 Å². The van der Waals surface area contributed by atoms with E-state index in [1.54, 1.807) is 16.4 Å². The first-order valence-electron chi connectivity index (χ1n) is 5.43. The summed E-state index contributed by atoms with van der Waals surface area (Å²) >= 11 is 1.66. The number of para-hydroxylation sites is 1. The molecule has 0 bridgehead atoms. The van der Waals surface area contributed by atoms with Gasteiger partial charge in [0.15, 0.2) is 0 Å². The Balaban J connectivity index is 1.82. The van der Waals surface area contributed by atoms with Gasteiger partial charge >= 0.3 is 0 Å². The highest BCUT2D eigenvalue weighted by Gasteiger charge is 2.09. The van der Waals surface area contributed by atoms with Crippen LogP contribution in [0.25, 0.3) is 0 Å². The number of hydrogen-bond donors (Lipinski definition) is 1. The van der Waals surface area contributed by atoms with Gasteiger partial charge in [0.1, 0.15) is 0 Å². The lowest BCUT2D eigenvalue weighted by atomic mass is 10.3. The molecule has 0 aliphatic rings. The number of aromatic nitrogens is 4. The lowest BCUT2D eigenvalue weighted by Gasteiger charge is -2.11. The van der Waals surface area contributed by atoms with Gasteiger partial charge in [0.25, 0.3) is 0 Å². The van der Waals surface area contributed by atoms with Gasteiger partial charge in [-0.15, -0.1) is 5.10 Å². The highest BCUT2D eigenvalue weighted by Crippen LogP contribution is 2.19. The molecule has 1 heterocycles. The summed E-state index contributed by atoms with van der Waals surface area (Å²) in [6.07, 6.45) is 0. The van der Waals surface area contributed by atoms with Gasteiger partial charge in [-0.25, -0.2) is 4.68 Å². The highest BCUT2D eigenvalue weighted by molar-refractivity contribution is 7.99. The number of thioether (sulfide) groups is 1. The van der Waals surface area contributed by atoms with Gasteiger partial charge in [-0.2, -0.15) is 0 Å². The molecule has 2 rings (SSSR count). The number of nitrogens with zero attached hydrogens (tertiary/aromatic N) is 4. The molecule has 0 spiro atoms. The Hall–Kier alpha value is -1.56. The molecule has 0 aliphatic heterocycles. The Labute approximate surface area is 105 Å². The topological polar surface area (TPSA) is 55.6 Å². The van der Waals surface area contributed by atoms with Crippen molar-refractivity contribution in [2.75, 3.05) is 11.9 Å². The van der Waals surface area contributed by atoms with Crippen molar-refractivity contribution < 1.29 is 0 Å². The first-order valence-corrected chi connectivity index (χ1v) is 6.31. The molecule has 1 aromatic heterocycles. The van der Waals surface area contributed by atoms with Crippen molar-refractivity contribution in [1.82, 2.24) is 20.2 Å². The number of benzene rings is 1. The van der Waals surface area contributed by atoms with Gasteiger partial charge in [-0.05, 0) is 22.6 Å². The van der Waals surface area contributed by atoms with Crippen molar-refractivity contribution in [2.24, 2.45) is 7.05 Å². The van der Waals surface area contributed by atoms with E-state index in [9.17, 15) is 0 Å². The standard InChI is InChI=1S/C11H15N5S/c1-9(17-11-13-14-15-16(11)2)8-12-10-6-4-3-5-7-10/h3-7,9,12H,8H2,1-2H3. The molecule has 2 aromatic rings. The second kappa shape index (κ2) is 5.67. The molecule has 0 saturated carbocycles. The predicted molar refractivity (Wildman–Crippen MR) is 69.0 cm³/mol. The van der Waals surface area contributed by atoms with Crippen molar-refractivity contribution in [3.63, 3.8) is 0 Å². The lowest BCUT2D eigenvalue weighted by Crippen LogP contribution is -2.13.